The molecule has 0 atom stereocenters. The quantitative estimate of drug-likeness (QED) is 0.303. The van der Waals surface area contributed by atoms with Crippen molar-refractivity contribution >= 4 is 28.6 Å². The van der Waals surface area contributed by atoms with Crippen molar-refractivity contribution in [1.29, 1.82) is 0 Å². The third-order valence-corrected chi connectivity index (χ3v) is 0.816. The summed E-state index contributed by atoms with van der Waals surface area (Å²) in [4.78, 5) is 18.6. The van der Waals surface area contributed by atoms with E-state index in [1.54, 1.807) is 0 Å². The molecule has 0 aromatic heterocycles. The number of carbonyl (C=O) groups is 2. The summed E-state index contributed by atoms with van der Waals surface area (Å²) >= 11 is -0.760. The third kappa shape index (κ3) is 5.46. The fourth-order valence-electron chi connectivity index (χ4n) is 0.0548. The topological polar surface area (TPSA) is 52.6 Å². The maximum atomic E-state index is 9.28. The molecular formula is C2H2O4Se. The molecule has 7 heavy (non-hydrogen) atoms. The summed E-state index contributed by atoms with van der Waals surface area (Å²) in [5.41, 5.74) is 0. The van der Waals surface area contributed by atoms with Gasteiger partial charge in [0.25, 0.3) is 0 Å². The molecule has 0 radical (unpaired) electrons. The van der Waals surface area contributed by atoms with Gasteiger partial charge in [0.1, 0.15) is 0 Å². The molecule has 40 valence electrons. The van der Waals surface area contributed by atoms with E-state index in [0.717, 1.165) is 0 Å². The Balaban J connectivity index is 2.68. The Labute approximate surface area is 46.6 Å². The Hall–Kier alpha value is -0.541. The fraction of sp³-hybridized carbons (Fsp3) is 0. The van der Waals surface area contributed by atoms with Crippen LogP contribution >= 0.6 is 0 Å². The molecule has 0 amide bonds. The first kappa shape index (κ1) is 6.46. The molecule has 0 rings (SSSR count). The van der Waals surface area contributed by atoms with Gasteiger partial charge >= 0.3 is 45.8 Å². The molecule has 0 bridgehead atoms. The number of hydrogen-bond donors (Lipinski definition) is 0. The number of hydrogen-bond acceptors (Lipinski definition) is 4. The van der Waals surface area contributed by atoms with Crippen LogP contribution in [-0.2, 0) is 17.2 Å². The zero-order chi connectivity index (χ0) is 5.54. The molecule has 0 aliphatic carbocycles. The Morgan fingerprint density at radius 1 is 1.14 bits per heavy atom. The number of carbonyl (C=O) groups excluding carboxylic acids is 2. The minimum absolute atomic E-state index is 0.226. The van der Waals surface area contributed by atoms with Crippen molar-refractivity contribution in [2.45, 2.75) is 0 Å². The zero-order valence-corrected chi connectivity index (χ0v) is 4.91. The van der Waals surface area contributed by atoms with Crippen molar-refractivity contribution in [1.82, 2.24) is 0 Å². The van der Waals surface area contributed by atoms with Gasteiger partial charge in [0, 0.05) is 0 Å². The monoisotopic (exact) mass is 170 g/mol. The molecular weight excluding hydrogens is 167 g/mol. The average molecular weight is 169 g/mol. The van der Waals surface area contributed by atoms with Crippen LogP contribution in [0.4, 0.5) is 0 Å². The summed E-state index contributed by atoms with van der Waals surface area (Å²) in [5, 5.41) is 0. The predicted octanol–water partition coefficient (Wildman–Crippen LogP) is -1.13. The molecule has 0 aliphatic rings. The average Bonchev–Trinajstić information content (AvgIpc) is 1.69. The summed E-state index contributed by atoms with van der Waals surface area (Å²) < 4.78 is 8.00. The van der Waals surface area contributed by atoms with E-state index in [1.165, 1.54) is 0 Å². The molecule has 0 heterocycles. The second-order valence-electron chi connectivity index (χ2n) is 0.453. The van der Waals surface area contributed by atoms with Crippen molar-refractivity contribution < 1.29 is 17.2 Å². The molecule has 5 heteroatoms. The first-order valence-corrected chi connectivity index (χ1v) is 2.67. The summed E-state index contributed by atoms with van der Waals surface area (Å²) in [5.74, 6) is 0. The van der Waals surface area contributed by atoms with Crippen molar-refractivity contribution in [3.05, 3.63) is 0 Å². The standard InChI is InChI=1S/C2H2O4Se/c3-1-5-7-6-2-4/h1-2H. The van der Waals surface area contributed by atoms with E-state index in [0.29, 0.717) is 0 Å². The van der Waals surface area contributed by atoms with Crippen LogP contribution in [0.15, 0.2) is 0 Å². The molecule has 0 saturated heterocycles. The van der Waals surface area contributed by atoms with Crippen LogP contribution in [0.25, 0.3) is 0 Å². The fourth-order valence-corrected chi connectivity index (χ4v) is 0.285. The summed E-state index contributed by atoms with van der Waals surface area (Å²) in [6.07, 6.45) is 0. The van der Waals surface area contributed by atoms with Gasteiger partial charge in [-0.2, -0.15) is 0 Å². The van der Waals surface area contributed by atoms with Crippen molar-refractivity contribution in [3.63, 3.8) is 0 Å². The second-order valence-corrected chi connectivity index (χ2v) is 1.55. The molecule has 0 fully saturated rings. The van der Waals surface area contributed by atoms with Crippen LogP contribution in [0.1, 0.15) is 0 Å². The summed E-state index contributed by atoms with van der Waals surface area (Å²) in [7, 11) is 0. The van der Waals surface area contributed by atoms with E-state index < -0.39 is 15.6 Å². The molecule has 0 spiro atoms. The van der Waals surface area contributed by atoms with Gasteiger partial charge in [-0.1, -0.05) is 0 Å². The number of rotatable bonds is 4. The van der Waals surface area contributed by atoms with Crippen molar-refractivity contribution in [2.75, 3.05) is 0 Å². The van der Waals surface area contributed by atoms with Gasteiger partial charge in [0.05, 0.1) is 0 Å². The second kappa shape index (κ2) is 5.46. The Morgan fingerprint density at radius 2 is 1.57 bits per heavy atom. The molecule has 4 nitrogen and oxygen atoms in total. The molecule has 0 saturated carbocycles. The van der Waals surface area contributed by atoms with E-state index in [-0.39, 0.29) is 12.9 Å². The van der Waals surface area contributed by atoms with Crippen LogP contribution in [0.2, 0.25) is 0 Å². The van der Waals surface area contributed by atoms with Crippen LogP contribution in [0, 0.1) is 0 Å². The van der Waals surface area contributed by atoms with Gasteiger partial charge < -0.3 is 0 Å². The summed E-state index contributed by atoms with van der Waals surface area (Å²) in [6, 6.07) is 0. The SMILES string of the molecule is O=CO[Se]OC=O. The van der Waals surface area contributed by atoms with Crippen LogP contribution < -0.4 is 0 Å². The van der Waals surface area contributed by atoms with Crippen LogP contribution in [-0.4, -0.2) is 28.6 Å². The van der Waals surface area contributed by atoms with Gasteiger partial charge in [-0.15, -0.1) is 0 Å². The Bertz CT molecular complexity index is 54.7. The van der Waals surface area contributed by atoms with E-state index in [4.69, 9.17) is 0 Å². The van der Waals surface area contributed by atoms with Gasteiger partial charge in [-0.05, 0) is 0 Å². The van der Waals surface area contributed by atoms with E-state index in [1.807, 2.05) is 0 Å². The normalized spacial score (nSPS) is 6.86. The van der Waals surface area contributed by atoms with Crippen molar-refractivity contribution in [2.24, 2.45) is 0 Å². The zero-order valence-electron chi connectivity index (χ0n) is 3.20. The molecule has 0 aliphatic heterocycles. The van der Waals surface area contributed by atoms with Gasteiger partial charge in [0.2, 0.25) is 0 Å². The first-order chi connectivity index (χ1) is 3.41. The van der Waals surface area contributed by atoms with E-state index in [9.17, 15) is 9.59 Å². The van der Waals surface area contributed by atoms with Crippen LogP contribution in [0.3, 0.4) is 0 Å². The molecule has 0 aromatic rings. The van der Waals surface area contributed by atoms with Gasteiger partial charge in [0.15, 0.2) is 0 Å². The maximum absolute atomic E-state index is 9.28. The first-order valence-electron chi connectivity index (χ1n) is 1.28. The minimum atomic E-state index is -0.760. The van der Waals surface area contributed by atoms with Crippen molar-refractivity contribution in [3.8, 4) is 0 Å². The van der Waals surface area contributed by atoms with E-state index >= 15 is 0 Å². The Kier molecular flexibility index (Phi) is 5.04. The summed E-state index contributed by atoms with van der Waals surface area (Å²) in [6.45, 7) is 0.451. The van der Waals surface area contributed by atoms with Gasteiger partial charge in [-0.3, -0.25) is 0 Å². The molecule has 0 N–H and O–H groups in total. The predicted molar refractivity (Wildman–Crippen MR) is 20.1 cm³/mol. The Morgan fingerprint density at radius 3 is 1.86 bits per heavy atom. The van der Waals surface area contributed by atoms with Gasteiger partial charge in [-0.25, -0.2) is 0 Å². The third-order valence-electron chi connectivity index (χ3n) is 0.157. The molecule has 0 unspecified atom stereocenters. The van der Waals surface area contributed by atoms with Crippen LogP contribution in [0.5, 0.6) is 0 Å². The van der Waals surface area contributed by atoms with E-state index in [2.05, 4.69) is 7.64 Å². The molecule has 0 aromatic carbocycles.